The van der Waals surface area contributed by atoms with Gasteiger partial charge in [-0.3, -0.25) is 4.79 Å². The van der Waals surface area contributed by atoms with Gasteiger partial charge in [-0.1, -0.05) is 6.92 Å². The molecule has 0 unspecified atom stereocenters. The number of rotatable bonds is 3. The summed E-state index contributed by atoms with van der Waals surface area (Å²) in [4.78, 5) is 14.1. The molecule has 1 aliphatic rings. The summed E-state index contributed by atoms with van der Waals surface area (Å²) in [5, 5.41) is 0. The Bertz CT molecular complexity index is 372. The Kier molecular flexibility index (Phi) is 3.29. The number of amides is 1. The minimum atomic E-state index is 0.117. The molecule has 0 saturated carbocycles. The second kappa shape index (κ2) is 4.70. The molecule has 1 amide bonds. The number of likely N-dealkylation sites (tertiary alicyclic amines) is 1. The molecule has 1 fully saturated rings. The first kappa shape index (κ1) is 11.2. The molecule has 88 valence electrons. The fraction of sp³-hybridized carbons (Fsp3) is 0.583. The summed E-state index contributed by atoms with van der Waals surface area (Å²) in [5.74, 6) is 0.117. The van der Waals surface area contributed by atoms with Crippen LogP contribution in [-0.2, 0) is 6.54 Å². The Morgan fingerprint density at radius 2 is 2.44 bits per heavy atom. The highest BCUT2D eigenvalue weighted by molar-refractivity contribution is 5.93. The molecule has 1 aromatic heterocycles. The van der Waals surface area contributed by atoms with E-state index >= 15 is 0 Å². The predicted octanol–water partition coefficient (Wildman–Crippen LogP) is 1.07. The van der Waals surface area contributed by atoms with Gasteiger partial charge in [0.25, 0.3) is 5.91 Å². The molecular formula is C12H19N3O. The zero-order valence-corrected chi connectivity index (χ0v) is 9.72. The van der Waals surface area contributed by atoms with E-state index in [0.29, 0.717) is 6.54 Å². The first-order chi connectivity index (χ1) is 7.72. The lowest BCUT2D eigenvalue weighted by Gasteiger charge is -2.17. The van der Waals surface area contributed by atoms with E-state index < -0.39 is 0 Å². The lowest BCUT2D eigenvalue weighted by atomic mass is 10.3. The highest BCUT2D eigenvalue weighted by Gasteiger charge is 2.25. The lowest BCUT2D eigenvalue weighted by molar-refractivity contribution is 0.0780. The second-order valence-corrected chi connectivity index (χ2v) is 4.39. The average molecular weight is 221 g/mol. The van der Waals surface area contributed by atoms with Crippen LogP contribution < -0.4 is 5.73 Å². The van der Waals surface area contributed by atoms with Crippen LogP contribution in [0.4, 0.5) is 0 Å². The number of hydrogen-bond acceptors (Lipinski definition) is 2. The first-order valence-electron chi connectivity index (χ1n) is 5.92. The molecular weight excluding hydrogens is 202 g/mol. The number of aromatic nitrogens is 1. The van der Waals surface area contributed by atoms with Gasteiger partial charge < -0.3 is 15.2 Å². The van der Waals surface area contributed by atoms with Crippen LogP contribution in [-0.4, -0.2) is 34.5 Å². The molecule has 4 nitrogen and oxygen atoms in total. The predicted molar refractivity (Wildman–Crippen MR) is 63.2 cm³/mol. The smallest absolute Gasteiger partial charge is 0.270 e. The van der Waals surface area contributed by atoms with Gasteiger partial charge in [0, 0.05) is 31.9 Å². The molecule has 1 aliphatic heterocycles. The number of aryl methyl sites for hydroxylation is 1. The van der Waals surface area contributed by atoms with Gasteiger partial charge in [-0.25, -0.2) is 0 Å². The molecule has 16 heavy (non-hydrogen) atoms. The number of carbonyl (C=O) groups is 1. The van der Waals surface area contributed by atoms with Crippen LogP contribution in [0.1, 0.15) is 30.3 Å². The van der Waals surface area contributed by atoms with E-state index in [1.165, 1.54) is 0 Å². The van der Waals surface area contributed by atoms with Crippen LogP contribution in [0.25, 0.3) is 0 Å². The molecule has 2 N–H and O–H groups in total. The Morgan fingerprint density at radius 3 is 3.06 bits per heavy atom. The third-order valence-electron chi connectivity index (χ3n) is 3.03. The van der Waals surface area contributed by atoms with E-state index in [0.717, 1.165) is 31.6 Å². The van der Waals surface area contributed by atoms with Gasteiger partial charge >= 0.3 is 0 Å². The third-order valence-corrected chi connectivity index (χ3v) is 3.03. The molecule has 2 heterocycles. The molecule has 4 heteroatoms. The van der Waals surface area contributed by atoms with Crippen molar-refractivity contribution in [2.75, 3.05) is 13.1 Å². The van der Waals surface area contributed by atoms with Crippen molar-refractivity contribution >= 4 is 5.91 Å². The van der Waals surface area contributed by atoms with Crippen molar-refractivity contribution < 1.29 is 4.79 Å². The SMILES string of the molecule is CCCn1cccc1C(=O)N1CC[C@H](N)C1. The quantitative estimate of drug-likeness (QED) is 0.830. The molecule has 0 aliphatic carbocycles. The number of nitrogens with zero attached hydrogens (tertiary/aromatic N) is 2. The number of hydrogen-bond donors (Lipinski definition) is 1. The molecule has 0 aromatic carbocycles. The summed E-state index contributed by atoms with van der Waals surface area (Å²) in [6, 6.07) is 3.97. The normalized spacial score (nSPS) is 20.4. The second-order valence-electron chi connectivity index (χ2n) is 4.39. The van der Waals surface area contributed by atoms with Crippen molar-refractivity contribution in [1.29, 1.82) is 0 Å². The van der Waals surface area contributed by atoms with Gasteiger partial charge in [-0.2, -0.15) is 0 Å². The molecule has 1 atom stereocenters. The van der Waals surface area contributed by atoms with Crippen LogP contribution >= 0.6 is 0 Å². The third kappa shape index (κ3) is 2.11. The molecule has 1 saturated heterocycles. The Hall–Kier alpha value is -1.29. The molecule has 1 aromatic rings. The van der Waals surface area contributed by atoms with E-state index in [-0.39, 0.29) is 11.9 Å². The maximum absolute atomic E-state index is 12.2. The maximum Gasteiger partial charge on any atom is 0.270 e. The number of nitrogens with two attached hydrogens (primary N) is 1. The fourth-order valence-electron chi connectivity index (χ4n) is 2.18. The lowest BCUT2D eigenvalue weighted by Crippen LogP contribution is -2.33. The van der Waals surface area contributed by atoms with Crippen LogP contribution in [0.3, 0.4) is 0 Å². The zero-order chi connectivity index (χ0) is 11.5. The highest BCUT2D eigenvalue weighted by Crippen LogP contribution is 2.13. The summed E-state index contributed by atoms with van der Waals surface area (Å²) in [6.07, 6.45) is 3.92. The van der Waals surface area contributed by atoms with E-state index in [1.807, 2.05) is 27.8 Å². The zero-order valence-electron chi connectivity index (χ0n) is 9.72. The van der Waals surface area contributed by atoms with Crippen molar-refractivity contribution in [3.05, 3.63) is 24.0 Å². The summed E-state index contributed by atoms with van der Waals surface area (Å²) in [6.45, 7) is 4.49. The summed E-state index contributed by atoms with van der Waals surface area (Å²) >= 11 is 0. The first-order valence-corrected chi connectivity index (χ1v) is 5.92. The summed E-state index contributed by atoms with van der Waals surface area (Å²) < 4.78 is 2.02. The van der Waals surface area contributed by atoms with E-state index in [9.17, 15) is 4.79 Å². The van der Waals surface area contributed by atoms with Crippen LogP contribution in [0, 0.1) is 0 Å². The van der Waals surface area contributed by atoms with Gasteiger partial charge in [0.05, 0.1) is 0 Å². The van der Waals surface area contributed by atoms with Crippen molar-refractivity contribution in [2.24, 2.45) is 5.73 Å². The van der Waals surface area contributed by atoms with E-state index in [1.54, 1.807) is 0 Å². The van der Waals surface area contributed by atoms with Gasteiger partial charge in [0.1, 0.15) is 5.69 Å². The van der Waals surface area contributed by atoms with Crippen LogP contribution in [0.15, 0.2) is 18.3 Å². The Morgan fingerprint density at radius 1 is 1.62 bits per heavy atom. The van der Waals surface area contributed by atoms with Crippen molar-refractivity contribution in [3.8, 4) is 0 Å². The Labute approximate surface area is 96.0 Å². The molecule has 0 bridgehead atoms. The van der Waals surface area contributed by atoms with E-state index in [4.69, 9.17) is 5.73 Å². The summed E-state index contributed by atoms with van der Waals surface area (Å²) in [5.41, 5.74) is 6.60. The topological polar surface area (TPSA) is 51.3 Å². The average Bonchev–Trinajstić information content (AvgIpc) is 2.87. The minimum Gasteiger partial charge on any atom is -0.344 e. The minimum absolute atomic E-state index is 0.117. The summed E-state index contributed by atoms with van der Waals surface area (Å²) in [7, 11) is 0. The highest BCUT2D eigenvalue weighted by atomic mass is 16.2. The van der Waals surface area contributed by atoms with Crippen molar-refractivity contribution in [1.82, 2.24) is 9.47 Å². The fourth-order valence-corrected chi connectivity index (χ4v) is 2.18. The van der Waals surface area contributed by atoms with E-state index in [2.05, 4.69) is 6.92 Å². The van der Waals surface area contributed by atoms with Gasteiger partial charge in [0.15, 0.2) is 0 Å². The van der Waals surface area contributed by atoms with Crippen molar-refractivity contribution in [3.63, 3.8) is 0 Å². The van der Waals surface area contributed by atoms with Gasteiger partial charge in [-0.15, -0.1) is 0 Å². The molecule has 0 spiro atoms. The van der Waals surface area contributed by atoms with Crippen molar-refractivity contribution in [2.45, 2.75) is 32.4 Å². The number of carbonyl (C=O) groups excluding carboxylic acids is 1. The largest absolute Gasteiger partial charge is 0.344 e. The van der Waals surface area contributed by atoms with Crippen LogP contribution in [0.2, 0.25) is 0 Å². The van der Waals surface area contributed by atoms with Gasteiger partial charge in [0.2, 0.25) is 0 Å². The monoisotopic (exact) mass is 221 g/mol. The van der Waals surface area contributed by atoms with Crippen LogP contribution in [0.5, 0.6) is 0 Å². The standard InChI is InChI=1S/C12H19N3O/c1-2-6-14-7-3-4-11(14)12(16)15-8-5-10(13)9-15/h3-4,7,10H,2,5-6,8-9,13H2,1H3/t10-/m0/s1. The molecule has 2 rings (SSSR count). The van der Waals surface area contributed by atoms with Gasteiger partial charge in [-0.05, 0) is 25.0 Å². The molecule has 0 radical (unpaired) electrons. The maximum atomic E-state index is 12.2. The Balaban J connectivity index is 2.11.